The van der Waals surface area contributed by atoms with Crippen molar-refractivity contribution in [2.75, 3.05) is 31.5 Å². The van der Waals surface area contributed by atoms with Crippen molar-refractivity contribution in [2.45, 2.75) is 19.8 Å². The van der Waals surface area contributed by atoms with Crippen LogP contribution in [-0.4, -0.2) is 42.9 Å². The van der Waals surface area contributed by atoms with Gasteiger partial charge in [0, 0.05) is 51.3 Å². The molecule has 0 aromatic heterocycles. The Morgan fingerprint density at radius 2 is 1.89 bits per heavy atom. The molecule has 1 aliphatic heterocycles. The van der Waals surface area contributed by atoms with Crippen molar-refractivity contribution in [3.8, 4) is 11.5 Å². The molecule has 1 aliphatic rings. The normalized spacial score (nSPS) is 13.9. The van der Waals surface area contributed by atoms with Crippen LogP contribution in [0.5, 0.6) is 11.5 Å². The minimum atomic E-state index is -0.126. The number of amides is 2. The first kappa shape index (κ1) is 18.9. The number of nitrogens with one attached hydrogen (secondary N) is 2. The molecule has 0 atom stereocenters. The van der Waals surface area contributed by atoms with E-state index in [0.717, 1.165) is 37.5 Å². The third kappa shape index (κ3) is 5.56. The summed E-state index contributed by atoms with van der Waals surface area (Å²) in [5, 5.41) is 6.00. The lowest BCUT2D eigenvalue weighted by Gasteiger charge is -2.27. The zero-order valence-corrected chi connectivity index (χ0v) is 15.5. The summed E-state index contributed by atoms with van der Waals surface area (Å²) in [6.07, 6.45) is 1.09. The van der Waals surface area contributed by atoms with Crippen LogP contribution in [-0.2, 0) is 16.0 Å². The second kappa shape index (κ2) is 9.19. The summed E-state index contributed by atoms with van der Waals surface area (Å²) < 4.78 is 6.02. The van der Waals surface area contributed by atoms with Crippen LogP contribution >= 0.6 is 0 Å². The standard InChI is InChI=1S/C21H25N3O3/c1-16(25)23-18-6-4-7-19(15-18)27-20-8-3-2-5-17(20)9-10-21(26)24-13-11-22-12-14-24/h2-8,15,22H,9-14H2,1H3,(H,23,25). The molecule has 2 aromatic carbocycles. The van der Waals surface area contributed by atoms with Gasteiger partial charge in [-0.2, -0.15) is 0 Å². The fraction of sp³-hybridized carbons (Fsp3) is 0.333. The number of carbonyl (C=O) groups excluding carboxylic acids is 2. The van der Waals surface area contributed by atoms with Gasteiger partial charge in [-0.15, -0.1) is 0 Å². The Balaban J connectivity index is 1.65. The molecule has 0 radical (unpaired) electrons. The van der Waals surface area contributed by atoms with Gasteiger partial charge in [-0.3, -0.25) is 9.59 Å². The summed E-state index contributed by atoms with van der Waals surface area (Å²) in [6.45, 7) is 4.73. The van der Waals surface area contributed by atoms with E-state index in [0.29, 0.717) is 24.3 Å². The maximum absolute atomic E-state index is 12.4. The highest BCUT2D eigenvalue weighted by Crippen LogP contribution is 2.28. The van der Waals surface area contributed by atoms with Gasteiger partial charge >= 0.3 is 0 Å². The van der Waals surface area contributed by atoms with Crippen LogP contribution in [0.1, 0.15) is 18.9 Å². The quantitative estimate of drug-likeness (QED) is 0.824. The number of aryl methyl sites for hydroxylation is 1. The molecule has 0 bridgehead atoms. The highest BCUT2D eigenvalue weighted by molar-refractivity contribution is 5.88. The van der Waals surface area contributed by atoms with Crippen molar-refractivity contribution in [1.29, 1.82) is 0 Å². The topological polar surface area (TPSA) is 70.7 Å². The van der Waals surface area contributed by atoms with Crippen LogP contribution < -0.4 is 15.4 Å². The molecular formula is C21H25N3O3. The molecule has 1 saturated heterocycles. The average Bonchev–Trinajstić information content (AvgIpc) is 2.67. The second-order valence-electron chi connectivity index (χ2n) is 6.55. The molecule has 0 aliphatic carbocycles. The number of para-hydroxylation sites is 1. The van der Waals surface area contributed by atoms with Crippen LogP contribution in [0.3, 0.4) is 0 Å². The van der Waals surface area contributed by atoms with Crippen molar-refractivity contribution in [1.82, 2.24) is 10.2 Å². The minimum Gasteiger partial charge on any atom is -0.457 e. The largest absolute Gasteiger partial charge is 0.457 e. The SMILES string of the molecule is CC(=O)Nc1cccc(Oc2ccccc2CCC(=O)N2CCNCC2)c1. The molecule has 2 amide bonds. The van der Waals surface area contributed by atoms with Gasteiger partial charge in [0.25, 0.3) is 0 Å². The Morgan fingerprint density at radius 1 is 1.11 bits per heavy atom. The van der Waals surface area contributed by atoms with E-state index in [1.54, 1.807) is 6.07 Å². The minimum absolute atomic E-state index is 0.126. The molecule has 6 heteroatoms. The summed E-state index contributed by atoms with van der Waals surface area (Å²) in [4.78, 5) is 25.5. The lowest BCUT2D eigenvalue weighted by atomic mass is 10.1. The molecule has 0 saturated carbocycles. The van der Waals surface area contributed by atoms with Gasteiger partial charge in [0.05, 0.1) is 0 Å². The number of rotatable bonds is 6. The Hall–Kier alpha value is -2.86. The van der Waals surface area contributed by atoms with E-state index < -0.39 is 0 Å². The first-order chi connectivity index (χ1) is 13.1. The lowest BCUT2D eigenvalue weighted by Crippen LogP contribution is -2.46. The van der Waals surface area contributed by atoms with Gasteiger partial charge in [0.1, 0.15) is 11.5 Å². The van der Waals surface area contributed by atoms with Gasteiger partial charge in [0.2, 0.25) is 11.8 Å². The summed E-state index contributed by atoms with van der Waals surface area (Å²) in [5.41, 5.74) is 1.68. The van der Waals surface area contributed by atoms with E-state index >= 15 is 0 Å². The maximum atomic E-state index is 12.4. The Kier molecular flexibility index (Phi) is 6.44. The molecule has 0 spiro atoms. The highest BCUT2D eigenvalue weighted by Gasteiger charge is 2.16. The third-order valence-electron chi connectivity index (χ3n) is 4.43. The van der Waals surface area contributed by atoms with Crippen LogP contribution in [0, 0.1) is 0 Å². The van der Waals surface area contributed by atoms with Crippen molar-refractivity contribution in [2.24, 2.45) is 0 Å². The molecule has 1 heterocycles. The van der Waals surface area contributed by atoms with Crippen LogP contribution in [0.4, 0.5) is 5.69 Å². The molecule has 142 valence electrons. The smallest absolute Gasteiger partial charge is 0.222 e. The number of hydrogen-bond acceptors (Lipinski definition) is 4. The van der Waals surface area contributed by atoms with E-state index in [2.05, 4.69) is 10.6 Å². The van der Waals surface area contributed by atoms with Gasteiger partial charge in [-0.05, 0) is 30.2 Å². The first-order valence-electron chi connectivity index (χ1n) is 9.24. The second-order valence-corrected chi connectivity index (χ2v) is 6.55. The lowest BCUT2D eigenvalue weighted by molar-refractivity contribution is -0.131. The molecule has 0 unspecified atom stereocenters. The average molecular weight is 367 g/mol. The van der Waals surface area contributed by atoms with Crippen molar-refractivity contribution >= 4 is 17.5 Å². The predicted octanol–water partition coefficient (Wildman–Crippen LogP) is 2.80. The number of hydrogen-bond donors (Lipinski definition) is 2. The van der Waals surface area contributed by atoms with Crippen molar-refractivity contribution < 1.29 is 14.3 Å². The summed E-state index contributed by atoms with van der Waals surface area (Å²) in [6, 6.07) is 15.0. The summed E-state index contributed by atoms with van der Waals surface area (Å²) in [7, 11) is 0. The fourth-order valence-electron chi connectivity index (χ4n) is 3.09. The molecule has 3 rings (SSSR count). The van der Waals surface area contributed by atoms with Crippen LogP contribution in [0.15, 0.2) is 48.5 Å². The zero-order valence-electron chi connectivity index (χ0n) is 15.5. The maximum Gasteiger partial charge on any atom is 0.222 e. The van der Waals surface area contributed by atoms with Crippen LogP contribution in [0.25, 0.3) is 0 Å². The van der Waals surface area contributed by atoms with Gasteiger partial charge < -0.3 is 20.3 Å². The van der Waals surface area contributed by atoms with Gasteiger partial charge in [-0.1, -0.05) is 24.3 Å². The van der Waals surface area contributed by atoms with Crippen molar-refractivity contribution in [3.63, 3.8) is 0 Å². The number of anilines is 1. The van der Waals surface area contributed by atoms with E-state index in [1.165, 1.54) is 6.92 Å². The molecule has 27 heavy (non-hydrogen) atoms. The number of ether oxygens (including phenoxy) is 1. The molecule has 1 fully saturated rings. The van der Waals surface area contributed by atoms with Gasteiger partial charge in [0.15, 0.2) is 0 Å². The molecule has 6 nitrogen and oxygen atoms in total. The highest BCUT2D eigenvalue weighted by atomic mass is 16.5. The van der Waals surface area contributed by atoms with Crippen molar-refractivity contribution in [3.05, 3.63) is 54.1 Å². The van der Waals surface area contributed by atoms with E-state index in [1.807, 2.05) is 47.4 Å². The predicted molar refractivity (Wildman–Crippen MR) is 105 cm³/mol. The van der Waals surface area contributed by atoms with E-state index in [-0.39, 0.29) is 11.8 Å². The Labute approximate surface area is 159 Å². The van der Waals surface area contributed by atoms with E-state index in [4.69, 9.17) is 4.74 Å². The Morgan fingerprint density at radius 3 is 2.67 bits per heavy atom. The third-order valence-corrected chi connectivity index (χ3v) is 4.43. The zero-order chi connectivity index (χ0) is 19.1. The van der Waals surface area contributed by atoms with Crippen LogP contribution in [0.2, 0.25) is 0 Å². The summed E-state index contributed by atoms with van der Waals surface area (Å²) in [5.74, 6) is 1.42. The summed E-state index contributed by atoms with van der Waals surface area (Å²) >= 11 is 0. The Bertz CT molecular complexity index is 801. The molecule has 2 aromatic rings. The van der Waals surface area contributed by atoms with E-state index in [9.17, 15) is 9.59 Å². The monoisotopic (exact) mass is 367 g/mol. The number of benzene rings is 2. The molecule has 2 N–H and O–H groups in total. The first-order valence-corrected chi connectivity index (χ1v) is 9.24. The number of nitrogens with zero attached hydrogens (tertiary/aromatic N) is 1. The molecular weight excluding hydrogens is 342 g/mol. The van der Waals surface area contributed by atoms with Gasteiger partial charge in [-0.25, -0.2) is 0 Å². The fourth-order valence-corrected chi connectivity index (χ4v) is 3.09. The number of piperazine rings is 1. The number of carbonyl (C=O) groups is 2.